The van der Waals surface area contributed by atoms with Crippen molar-refractivity contribution in [2.24, 2.45) is 0 Å². The van der Waals surface area contributed by atoms with E-state index in [2.05, 4.69) is 5.16 Å². The third-order valence-corrected chi connectivity index (χ3v) is 3.68. The summed E-state index contributed by atoms with van der Waals surface area (Å²) in [5.74, 6) is 0.939. The van der Waals surface area contributed by atoms with Gasteiger partial charge in [0.1, 0.15) is 18.1 Å². The average molecular weight is 361 g/mol. The number of nitro benzene ring substituents is 1. The molecule has 0 aliphatic carbocycles. The SMILES string of the molecule is COc1ccc(OCc2cc(-c3ccc(Cl)cc3)no2)c([N+](=O)[O-])c1. The molecule has 3 rings (SSSR count). The Hall–Kier alpha value is -3.06. The van der Waals surface area contributed by atoms with Gasteiger partial charge in [0.25, 0.3) is 0 Å². The average Bonchev–Trinajstić information content (AvgIpc) is 3.09. The fourth-order valence-electron chi connectivity index (χ4n) is 2.18. The van der Waals surface area contributed by atoms with Gasteiger partial charge < -0.3 is 14.0 Å². The smallest absolute Gasteiger partial charge is 0.314 e. The van der Waals surface area contributed by atoms with Gasteiger partial charge in [0.2, 0.25) is 0 Å². The Morgan fingerprint density at radius 2 is 1.96 bits per heavy atom. The molecule has 0 fully saturated rings. The highest BCUT2D eigenvalue weighted by atomic mass is 35.5. The van der Waals surface area contributed by atoms with Crippen molar-refractivity contribution >= 4 is 17.3 Å². The second kappa shape index (κ2) is 7.23. The number of hydrogen-bond donors (Lipinski definition) is 0. The second-order valence-corrected chi connectivity index (χ2v) is 5.50. The molecule has 7 nitrogen and oxygen atoms in total. The number of nitro groups is 1. The van der Waals surface area contributed by atoms with Crippen LogP contribution in [-0.2, 0) is 6.61 Å². The number of ether oxygens (including phenoxy) is 2. The molecule has 0 aliphatic heterocycles. The number of aromatic nitrogens is 1. The molecule has 0 unspecified atom stereocenters. The van der Waals surface area contributed by atoms with Crippen LogP contribution in [0.2, 0.25) is 5.02 Å². The summed E-state index contributed by atoms with van der Waals surface area (Å²) in [4.78, 5) is 10.6. The highest BCUT2D eigenvalue weighted by Crippen LogP contribution is 2.32. The van der Waals surface area contributed by atoms with E-state index < -0.39 is 4.92 Å². The maximum absolute atomic E-state index is 11.1. The van der Waals surface area contributed by atoms with Gasteiger partial charge in [-0.15, -0.1) is 0 Å². The van der Waals surface area contributed by atoms with Gasteiger partial charge in [-0.25, -0.2) is 0 Å². The Balaban J connectivity index is 1.74. The van der Waals surface area contributed by atoms with E-state index in [9.17, 15) is 10.1 Å². The van der Waals surface area contributed by atoms with Crippen LogP contribution in [0, 0.1) is 10.1 Å². The maximum Gasteiger partial charge on any atom is 0.314 e. The number of rotatable bonds is 6. The minimum Gasteiger partial charge on any atom is -0.496 e. The standard InChI is InChI=1S/C17H13ClN2O5/c1-23-13-6-7-17(16(9-13)20(21)22)24-10-14-8-15(19-25-14)11-2-4-12(18)5-3-11/h2-9H,10H2,1H3. The van der Waals surface area contributed by atoms with E-state index in [1.807, 2.05) is 12.1 Å². The number of benzene rings is 2. The molecule has 0 radical (unpaired) electrons. The molecule has 0 N–H and O–H groups in total. The van der Waals surface area contributed by atoms with Gasteiger partial charge in [-0.05, 0) is 24.3 Å². The van der Waals surface area contributed by atoms with E-state index in [4.69, 9.17) is 25.6 Å². The quantitative estimate of drug-likeness (QED) is 0.475. The van der Waals surface area contributed by atoms with E-state index in [1.165, 1.54) is 19.2 Å². The molecule has 25 heavy (non-hydrogen) atoms. The Morgan fingerprint density at radius 1 is 1.20 bits per heavy atom. The first-order valence-corrected chi connectivity index (χ1v) is 7.61. The first-order valence-electron chi connectivity index (χ1n) is 7.23. The van der Waals surface area contributed by atoms with Crippen LogP contribution in [-0.4, -0.2) is 17.2 Å². The summed E-state index contributed by atoms with van der Waals surface area (Å²) in [5, 5.41) is 15.7. The Labute approximate surface area is 147 Å². The summed E-state index contributed by atoms with van der Waals surface area (Å²) >= 11 is 5.86. The van der Waals surface area contributed by atoms with Gasteiger partial charge in [0.15, 0.2) is 11.5 Å². The third kappa shape index (κ3) is 3.89. The highest BCUT2D eigenvalue weighted by molar-refractivity contribution is 6.30. The zero-order valence-corrected chi connectivity index (χ0v) is 13.9. The van der Waals surface area contributed by atoms with Gasteiger partial charge in [-0.1, -0.05) is 28.9 Å². The number of methoxy groups -OCH3 is 1. The molecule has 128 valence electrons. The maximum atomic E-state index is 11.1. The number of halogens is 1. The van der Waals surface area contributed by atoms with Crippen molar-refractivity contribution < 1.29 is 18.9 Å². The number of nitrogens with zero attached hydrogens (tertiary/aromatic N) is 2. The summed E-state index contributed by atoms with van der Waals surface area (Å²) in [5.41, 5.74) is 1.28. The van der Waals surface area contributed by atoms with E-state index >= 15 is 0 Å². The molecular weight excluding hydrogens is 348 g/mol. The van der Waals surface area contributed by atoms with Crippen molar-refractivity contribution in [2.75, 3.05) is 7.11 Å². The van der Waals surface area contributed by atoms with Crippen molar-refractivity contribution in [3.63, 3.8) is 0 Å². The van der Waals surface area contributed by atoms with Crippen LogP contribution < -0.4 is 9.47 Å². The highest BCUT2D eigenvalue weighted by Gasteiger charge is 2.17. The van der Waals surface area contributed by atoms with Crippen molar-refractivity contribution in [1.82, 2.24) is 5.16 Å². The molecule has 0 bridgehead atoms. The first-order chi connectivity index (χ1) is 12.1. The fourth-order valence-corrected chi connectivity index (χ4v) is 2.30. The lowest BCUT2D eigenvalue weighted by Gasteiger charge is -2.06. The summed E-state index contributed by atoms with van der Waals surface area (Å²) in [7, 11) is 1.44. The molecule has 1 heterocycles. The molecule has 3 aromatic rings. The molecule has 2 aromatic carbocycles. The van der Waals surface area contributed by atoms with Gasteiger partial charge in [-0.3, -0.25) is 10.1 Å². The molecule has 0 atom stereocenters. The van der Waals surface area contributed by atoms with Crippen LogP contribution in [0.3, 0.4) is 0 Å². The van der Waals surface area contributed by atoms with Crippen molar-refractivity contribution in [3.05, 3.63) is 69.4 Å². The zero-order valence-electron chi connectivity index (χ0n) is 13.1. The molecule has 0 spiro atoms. The first kappa shape index (κ1) is 16.8. The van der Waals surface area contributed by atoms with Crippen LogP contribution in [0.4, 0.5) is 5.69 Å². The molecule has 1 aromatic heterocycles. The predicted molar refractivity (Wildman–Crippen MR) is 90.9 cm³/mol. The van der Waals surface area contributed by atoms with Crippen molar-refractivity contribution in [3.8, 4) is 22.8 Å². The van der Waals surface area contributed by atoms with Gasteiger partial charge in [-0.2, -0.15) is 0 Å². The summed E-state index contributed by atoms with van der Waals surface area (Å²) in [6.45, 7) is 0.00770. The van der Waals surface area contributed by atoms with E-state index in [0.29, 0.717) is 22.2 Å². The van der Waals surface area contributed by atoms with Crippen LogP contribution in [0.1, 0.15) is 5.76 Å². The predicted octanol–water partition coefficient (Wildman–Crippen LogP) is 4.49. The second-order valence-electron chi connectivity index (χ2n) is 5.06. The molecular formula is C17H13ClN2O5. The van der Waals surface area contributed by atoms with Crippen LogP contribution in [0.25, 0.3) is 11.3 Å². The molecule has 0 amide bonds. The summed E-state index contributed by atoms with van der Waals surface area (Å²) < 4.78 is 15.7. The topological polar surface area (TPSA) is 87.6 Å². The molecule has 0 aliphatic rings. The lowest BCUT2D eigenvalue weighted by Crippen LogP contribution is -1.99. The largest absolute Gasteiger partial charge is 0.496 e. The van der Waals surface area contributed by atoms with Crippen molar-refractivity contribution in [2.45, 2.75) is 6.61 Å². The summed E-state index contributed by atoms with van der Waals surface area (Å²) in [6.07, 6.45) is 0. The zero-order chi connectivity index (χ0) is 17.8. The third-order valence-electron chi connectivity index (χ3n) is 3.43. The lowest BCUT2D eigenvalue weighted by atomic mass is 10.1. The lowest BCUT2D eigenvalue weighted by molar-refractivity contribution is -0.386. The Kier molecular flexibility index (Phi) is 4.85. The minimum atomic E-state index is -0.530. The molecule has 0 saturated heterocycles. The summed E-state index contributed by atoms with van der Waals surface area (Å²) in [6, 6.07) is 13.2. The van der Waals surface area contributed by atoms with Crippen molar-refractivity contribution in [1.29, 1.82) is 0 Å². The Morgan fingerprint density at radius 3 is 2.64 bits per heavy atom. The molecule has 0 saturated carbocycles. The minimum absolute atomic E-state index is 0.00770. The van der Waals surface area contributed by atoms with Crippen LogP contribution in [0.15, 0.2) is 53.1 Å². The normalized spacial score (nSPS) is 10.5. The van der Waals surface area contributed by atoms with E-state index in [1.54, 1.807) is 24.3 Å². The van der Waals surface area contributed by atoms with E-state index in [0.717, 1.165) is 5.56 Å². The monoisotopic (exact) mass is 360 g/mol. The van der Waals surface area contributed by atoms with E-state index in [-0.39, 0.29) is 18.0 Å². The van der Waals surface area contributed by atoms with Gasteiger partial charge in [0.05, 0.1) is 18.1 Å². The van der Waals surface area contributed by atoms with Crippen LogP contribution in [0.5, 0.6) is 11.5 Å². The molecule has 8 heteroatoms. The van der Waals surface area contributed by atoms with Gasteiger partial charge in [0, 0.05) is 16.7 Å². The Bertz CT molecular complexity index is 892. The van der Waals surface area contributed by atoms with Crippen LogP contribution >= 0.6 is 11.6 Å². The number of hydrogen-bond acceptors (Lipinski definition) is 6. The fraction of sp³-hybridized carbons (Fsp3) is 0.118. The van der Waals surface area contributed by atoms with Gasteiger partial charge >= 0.3 is 5.69 Å².